The molecule has 0 spiro atoms. The van der Waals surface area contributed by atoms with Crippen LogP contribution >= 0.6 is 22.7 Å². The van der Waals surface area contributed by atoms with Gasteiger partial charge < -0.3 is 5.11 Å². The molecule has 7 heteroatoms. The van der Waals surface area contributed by atoms with Gasteiger partial charge in [-0.05, 0) is 22.9 Å². The predicted molar refractivity (Wildman–Crippen MR) is 78.3 cm³/mol. The zero-order valence-electron chi connectivity index (χ0n) is 10.4. The number of aryl methyl sites for hydroxylation is 2. The number of nitrogens with zero attached hydrogens (tertiary/aromatic N) is 3. The van der Waals surface area contributed by atoms with E-state index in [1.54, 1.807) is 16.0 Å². The van der Waals surface area contributed by atoms with Gasteiger partial charge in [-0.3, -0.25) is 0 Å². The molecule has 1 N–H and O–H groups in total. The van der Waals surface area contributed by atoms with Gasteiger partial charge in [0.15, 0.2) is 5.69 Å². The third kappa shape index (κ3) is 2.50. The van der Waals surface area contributed by atoms with Crippen molar-refractivity contribution >= 4 is 28.6 Å². The minimum absolute atomic E-state index is 0.0126. The van der Waals surface area contributed by atoms with E-state index in [-0.39, 0.29) is 5.69 Å². The van der Waals surface area contributed by atoms with Gasteiger partial charge in [0.05, 0.1) is 4.88 Å². The molecule has 3 rings (SSSR count). The van der Waals surface area contributed by atoms with Crippen LogP contribution in [0.4, 0.5) is 0 Å². The molecule has 0 saturated heterocycles. The summed E-state index contributed by atoms with van der Waals surface area (Å²) in [6, 6.07) is 7.84. The Balaban J connectivity index is 1.92. The lowest BCUT2D eigenvalue weighted by atomic mass is 10.2. The van der Waals surface area contributed by atoms with Crippen molar-refractivity contribution in [3.8, 4) is 10.6 Å². The highest BCUT2D eigenvalue weighted by molar-refractivity contribution is 7.13. The number of hydrogen-bond donors (Lipinski definition) is 1. The van der Waals surface area contributed by atoms with Crippen molar-refractivity contribution in [2.75, 3.05) is 0 Å². The number of aromatic nitrogens is 3. The molecule has 0 unspecified atom stereocenters. The Morgan fingerprint density at radius 2 is 2.05 bits per heavy atom. The Kier molecular flexibility index (Phi) is 3.62. The van der Waals surface area contributed by atoms with Crippen LogP contribution in [0.25, 0.3) is 10.6 Å². The Morgan fingerprint density at radius 3 is 2.70 bits per heavy atom. The molecule has 102 valence electrons. The fraction of sp³-hybridized carbons (Fsp3) is 0.154. The lowest BCUT2D eigenvalue weighted by molar-refractivity contribution is 0.0691. The summed E-state index contributed by atoms with van der Waals surface area (Å²) < 4.78 is 1.68. The summed E-state index contributed by atoms with van der Waals surface area (Å²) in [6.07, 6.45) is 0.818. The summed E-state index contributed by atoms with van der Waals surface area (Å²) in [4.78, 5) is 13.4. The highest BCUT2D eigenvalue weighted by Gasteiger charge is 2.21. The summed E-state index contributed by atoms with van der Waals surface area (Å²) in [5, 5.41) is 20.9. The van der Waals surface area contributed by atoms with Gasteiger partial charge >= 0.3 is 5.97 Å². The van der Waals surface area contributed by atoms with Crippen LogP contribution in [0.3, 0.4) is 0 Å². The Morgan fingerprint density at radius 1 is 1.25 bits per heavy atom. The second-order valence-corrected chi connectivity index (χ2v) is 6.10. The monoisotopic (exact) mass is 305 g/mol. The minimum Gasteiger partial charge on any atom is -0.476 e. The fourth-order valence-corrected chi connectivity index (χ4v) is 3.41. The molecule has 0 atom stereocenters. The molecule has 5 nitrogen and oxygen atoms in total. The molecule has 0 saturated carbocycles. The number of aromatic carboxylic acids is 1. The van der Waals surface area contributed by atoms with Crippen molar-refractivity contribution in [1.82, 2.24) is 15.0 Å². The molecule has 0 fully saturated rings. The second kappa shape index (κ2) is 5.56. The standard InChI is InChI=1S/C13H11N3O2S2/c17-13(18)11-12(10-4-2-8-20-10)16(15-14-11)6-5-9-3-1-7-19-9/h1-4,7-8H,5-6H2,(H,17,18). The third-order valence-electron chi connectivity index (χ3n) is 2.84. The second-order valence-electron chi connectivity index (χ2n) is 4.12. The van der Waals surface area contributed by atoms with Crippen LogP contribution in [0.15, 0.2) is 35.0 Å². The summed E-state index contributed by atoms with van der Waals surface area (Å²) in [6.45, 7) is 0.619. The summed E-state index contributed by atoms with van der Waals surface area (Å²) in [5.41, 5.74) is 0.600. The van der Waals surface area contributed by atoms with E-state index in [1.807, 2.05) is 29.0 Å². The van der Waals surface area contributed by atoms with E-state index in [9.17, 15) is 9.90 Å². The normalized spacial score (nSPS) is 10.8. The fourth-order valence-electron chi connectivity index (χ4n) is 1.94. The van der Waals surface area contributed by atoms with Crippen LogP contribution in [0.1, 0.15) is 15.4 Å². The van der Waals surface area contributed by atoms with Crippen molar-refractivity contribution < 1.29 is 9.90 Å². The Labute approximate surface area is 123 Å². The van der Waals surface area contributed by atoms with Gasteiger partial charge in [-0.15, -0.1) is 27.8 Å². The van der Waals surface area contributed by atoms with Crippen molar-refractivity contribution in [2.45, 2.75) is 13.0 Å². The van der Waals surface area contributed by atoms with Crippen LogP contribution < -0.4 is 0 Å². The van der Waals surface area contributed by atoms with Crippen LogP contribution in [0.2, 0.25) is 0 Å². The van der Waals surface area contributed by atoms with E-state index in [2.05, 4.69) is 16.4 Å². The Hall–Kier alpha value is -1.99. The number of thiophene rings is 2. The zero-order valence-corrected chi connectivity index (χ0v) is 12.0. The molecular formula is C13H11N3O2S2. The third-order valence-corrected chi connectivity index (χ3v) is 4.66. The molecule has 20 heavy (non-hydrogen) atoms. The van der Waals surface area contributed by atoms with Crippen LogP contribution in [-0.2, 0) is 13.0 Å². The molecule has 0 aliphatic carbocycles. The number of carboxylic acids is 1. The van der Waals surface area contributed by atoms with Crippen LogP contribution in [-0.4, -0.2) is 26.1 Å². The largest absolute Gasteiger partial charge is 0.476 e. The molecule has 3 aromatic heterocycles. The van der Waals surface area contributed by atoms with Gasteiger partial charge in [-0.1, -0.05) is 17.3 Å². The maximum Gasteiger partial charge on any atom is 0.358 e. The first kappa shape index (κ1) is 13.0. The molecule has 0 aliphatic rings. The minimum atomic E-state index is -1.05. The average molecular weight is 305 g/mol. The lowest BCUT2D eigenvalue weighted by Crippen LogP contribution is -2.06. The van der Waals surface area contributed by atoms with Crippen molar-refractivity contribution in [3.05, 3.63) is 45.6 Å². The van der Waals surface area contributed by atoms with Crippen molar-refractivity contribution in [2.24, 2.45) is 0 Å². The zero-order chi connectivity index (χ0) is 13.9. The highest BCUT2D eigenvalue weighted by Crippen LogP contribution is 2.27. The summed E-state index contributed by atoms with van der Waals surface area (Å²) >= 11 is 3.17. The first-order valence-corrected chi connectivity index (χ1v) is 7.74. The molecule has 0 amide bonds. The highest BCUT2D eigenvalue weighted by atomic mass is 32.1. The molecular weight excluding hydrogens is 294 g/mol. The van der Waals surface area contributed by atoms with E-state index in [1.165, 1.54) is 16.2 Å². The van der Waals surface area contributed by atoms with Crippen molar-refractivity contribution in [1.29, 1.82) is 0 Å². The lowest BCUT2D eigenvalue weighted by Gasteiger charge is -2.04. The van der Waals surface area contributed by atoms with E-state index in [4.69, 9.17) is 0 Å². The summed E-state index contributed by atoms with van der Waals surface area (Å²) in [5.74, 6) is -1.05. The van der Waals surface area contributed by atoms with Gasteiger partial charge in [0.2, 0.25) is 0 Å². The SMILES string of the molecule is O=C(O)c1nnn(CCc2cccs2)c1-c1cccs1. The number of carboxylic acid groups (broad SMARTS) is 1. The smallest absolute Gasteiger partial charge is 0.358 e. The Bertz CT molecular complexity index is 702. The number of carbonyl (C=O) groups is 1. The van der Waals surface area contributed by atoms with Crippen LogP contribution in [0.5, 0.6) is 0 Å². The maximum absolute atomic E-state index is 11.3. The van der Waals surface area contributed by atoms with E-state index in [0.717, 1.165) is 11.3 Å². The summed E-state index contributed by atoms with van der Waals surface area (Å²) in [7, 11) is 0. The molecule has 0 radical (unpaired) electrons. The first-order valence-electron chi connectivity index (χ1n) is 5.99. The quantitative estimate of drug-likeness (QED) is 0.787. The molecule has 0 aromatic carbocycles. The van der Waals surface area contributed by atoms with Gasteiger partial charge in [0.25, 0.3) is 0 Å². The van der Waals surface area contributed by atoms with Crippen LogP contribution in [0, 0.1) is 0 Å². The van der Waals surface area contributed by atoms with Crippen molar-refractivity contribution in [3.63, 3.8) is 0 Å². The van der Waals surface area contributed by atoms with Gasteiger partial charge in [0, 0.05) is 17.8 Å². The first-order chi connectivity index (χ1) is 9.75. The molecule has 3 heterocycles. The van der Waals surface area contributed by atoms with E-state index in [0.29, 0.717) is 12.2 Å². The molecule has 0 bridgehead atoms. The average Bonchev–Trinajstić information content (AvgIpc) is 3.17. The maximum atomic E-state index is 11.3. The molecule has 3 aromatic rings. The van der Waals surface area contributed by atoms with E-state index < -0.39 is 5.97 Å². The number of hydrogen-bond acceptors (Lipinski definition) is 5. The van der Waals surface area contributed by atoms with Gasteiger partial charge in [0.1, 0.15) is 5.69 Å². The predicted octanol–water partition coefficient (Wildman–Crippen LogP) is 3.01. The number of rotatable bonds is 5. The molecule has 0 aliphatic heterocycles. The van der Waals surface area contributed by atoms with Gasteiger partial charge in [-0.25, -0.2) is 9.48 Å². The topological polar surface area (TPSA) is 68.0 Å². The van der Waals surface area contributed by atoms with E-state index >= 15 is 0 Å². The van der Waals surface area contributed by atoms with Gasteiger partial charge in [-0.2, -0.15) is 0 Å².